The van der Waals surface area contributed by atoms with Gasteiger partial charge in [-0.05, 0) is 49.9 Å². The molecule has 2 fully saturated rings. The van der Waals surface area contributed by atoms with Crippen molar-refractivity contribution in [3.05, 3.63) is 54.6 Å². The quantitative estimate of drug-likeness (QED) is 0.645. The van der Waals surface area contributed by atoms with Gasteiger partial charge in [-0.3, -0.25) is 14.7 Å². The van der Waals surface area contributed by atoms with E-state index in [0.29, 0.717) is 30.6 Å². The number of furan rings is 1. The highest BCUT2D eigenvalue weighted by Crippen LogP contribution is 2.39. The van der Waals surface area contributed by atoms with Crippen LogP contribution in [0.2, 0.25) is 0 Å². The zero-order chi connectivity index (χ0) is 21.1. The van der Waals surface area contributed by atoms with Crippen molar-refractivity contribution in [3.63, 3.8) is 0 Å². The number of amides is 1. The average Bonchev–Trinajstić information content (AvgIpc) is 3.57. The molecule has 1 unspecified atom stereocenters. The number of nitrogens with zero attached hydrogens (tertiary/aromatic N) is 4. The fourth-order valence-electron chi connectivity index (χ4n) is 4.34. The number of carbonyl (C=O) groups is 1. The molecule has 2 aliphatic rings. The molecule has 5 heterocycles. The second kappa shape index (κ2) is 8.60. The van der Waals surface area contributed by atoms with Crippen LogP contribution >= 0.6 is 0 Å². The van der Waals surface area contributed by atoms with E-state index in [1.54, 1.807) is 24.5 Å². The Morgan fingerprint density at radius 2 is 2.10 bits per heavy atom. The van der Waals surface area contributed by atoms with E-state index in [0.717, 1.165) is 44.3 Å². The Kier molecular flexibility index (Phi) is 5.52. The molecule has 5 rings (SSSR count). The van der Waals surface area contributed by atoms with Gasteiger partial charge in [0.15, 0.2) is 5.76 Å². The summed E-state index contributed by atoms with van der Waals surface area (Å²) in [5, 5.41) is 11.2. The molecule has 9 nitrogen and oxygen atoms in total. The number of nitrogens with one attached hydrogen (secondary N) is 1. The maximum Gasteiger partial charge on any atom is 0.287 e. The molecular formula is C22H25N5O4. The van der Waals surface area contributed by atoms with Crippen LogP contribution < -0.4 is 5.32 Å². The van der Waals surface area contributed by atoms with Crippen molar-refractivity contribution in [1.29, 1.82) is 0 Å². The van der Waals surface area contributed by atoms with Gasteiger partial charge < -0.3 is 18.9 Å². The Hall–Kier alpha value is -3.04. The SMILES string of the molecule is O=C(NCC1CCC2(CCN(Cc3nnc(-c4cccnc4)o3)CC2)O1)c1ccco1. The van der Waals surface area contributed by atoms with Crippen LogP contribution in [-0.4, -0.2) is 57.3 Å². The van der Waals surface area contributed by atoms with Gasteiger partial charge in [0.2, 0.25) is 11.8 Å². The monoisotopic (exact) mass is 423 g/mol. The molecule has 3 aromatic rings. The molecule has 0 aliphatic carbocycles. The second-order valence-electron chi connectivity index (χ2n) is 8.17. The lowest BCUT2D eigenvalue weighted by Gasteiger charge is -2.38. The minimum Gasteiger partial charge on any atom is -0.459 e. The van der Waals surface area contributed by atoms with E-state index in [4.69, 9.17) is 13.6 Å². The van der Waals surface area contributed by atoms with Crippen LogP contribution in [-0.2, 0) is 11.3 Å². The van der Waals surface area contributed by atoms with E-state index in [9.17, 15) is 4.79 Å². The molecular weight excluding hydrogens is 398 g/mol. The molecule has 1 N–H and O–H groups in total. The van der Waals surface area contributed by atoms with Gasteiger partial charge in [-0.1, -0.05) is 0 Å². The molecule has 0 bridgehead atoms. The molecule has 0 aromatic carbocycles. The topological polar surface area (TPSA) is 107 Å². The Bertz CT molecular complexity index is 996. The Morgan fingerprint density at radius 3 is 2.87 bits per heavy atom. The summed E-state index contributed by atoms with van der Waals surface area (Å²) in [6.45, 7) is 2.96. The average molecular weight is 423 g/mol. The Morgan fingerprint density at radius 1 is 1.19 bits per heavy atom. The molecule has 3 aromatic heterocycles. The molecule has 0 radical (unpaired) electrons. The zero-order valence-electron chi connectivity index (χ0n) is 17.2. The van der Waals surface area contributed by atoms with Gasteiger partial charge >= 0.3 is 0 Å². The van der Waals surface area contributed by atoms with Crippen molar-refractivity contribution in [1.82, 2.24) is 25.4 Å². The fourth-order valence-corrected chi connectivity index (χ4v) is 4.34. The molecule has 1 atom stereocenters. The molecule has 1 spiro atoms. The number of hydrogen-bond donors (Lipinski definition) is 1. The van der Waals surface area contributed by atoms with E-state index < -0.39 is 0 Å². The van der Waals surface area contributed by atoms with Crippen molar-refractivity contribution in [2.75, 3.05) is 19.6 Å². The highest BCUT2D eigenvalue weighted by Gasteiger charge is 2.42. The first-order valence-electron chi connectivity index (χ1n) is 10.6. The van der Waals surface area contributed by atoms with Crippen molar-refractivity contribution >= 4 is 5.91 Å². The van der Waals surface area contributed by atoms with Crippen LogP contribution in [0.4, 0.5) is 0 Å². The Labute approximate surface area is 179 Å². The molecule has 31 heavy (non-hydrogen) atoms. The smallest absolute Gasteiger partial charge is 0.287 e. The lowest BCUT2D eigenvalue weighted by atomic mass is 9.88. The predicted molar refractivity (Wildman–Crippen MR) is 110 cm³/mol. The minimum atomic E-state index is -0.199. The molecule has 1 amide bonds. The van der Waals surface area contributed by atoms with Gasteiger partial charge in [-0.15, -0.1) is 10.2 Å². The van der Waals surface area contributed by atoms with Crippen molar-refractivity contribution in [2.24, 2.45) is 0 Å². The van der Waals surface area contributed by atoms with Gasteiger partial charge in [0.1, 0.15) is 0 Å². The van der Waals surface area contributed by atoms with E-state index in [-0.39, 0.29) is 17.6 Å². The lowest BCUT2D eigenvalue weighted by Crippen LogP contribution is -2.44. The summed E-state index contributed by atoms with van der Waals surface area (Å²) in [5.41, 5.74) is 0.732. The number of aromatic nitrogens is 3. The standard InChI is InChI=1S/C22H25N5O4/c28-20(18-4-2-12-29-18)24-14-17-5-6-22(31-17)7-10-27(11-8-22)15-19-25-26-21(30-19)16-3-1-9-23-13-16/h1-4,9,12-13,17H,5-8,10-11,14-15H2,(H,24,28). The molecule has 2 aliphatic heterocycles. The van der Waals surface area contributed by atoms with Crippen LogP contribution in [0.15, 0.2) is 51.8 Å². The van der Waals surface area contributed by atoms with E-state index >= 15 is 0 Å². The van der Waals surface area contributed by atoms with Crippen molar-refractivity contribution in [3.8, 4) is 11.5 Å². The first-order valence-corrected chi connectivity index (χ1v) is 10.6. The van der Waals surface area contributed by atoms with E-state index in [2.05, 4.69) is 25.4 Å². The Balaban J connectivity index is 1.09. The predicted octanol–water partition coefficient (Wildman–Crippen LogP) is 2.67. The number of likely N-dealkylation sites (tertiary alicyclic amines) is 1. The largest absolute Gasteiger partial charge is 0.459 e. The first-order chi connectivity index (χ1) is 15.2. The number of hydrogen-bond acceptors (Lipinski definition) is 8. The van der Waals surface area contributed by atoms with Crippen molar-refractivity contribution in [2.45, 2.75) is 43.9 Å². The van der Waals surface area contributed by atoms with Gasteiger partial charge in [0.05, 0.1) is 30.1 Å². The summed E-state index contributed by atoms with van der Waals surface area (Å²) in [6, 6.07) is 7.11. The van der Waals surface area contributed by atoms with Crippen LogP contribution in [0, 0.1) is 0 Å². The maximum atomic E-state index is 12.0. The number of rotatable bonds is 6. The van der Waals surface area contributed by atoms with Crippen molar-refractivity contribution < 1.29 is 18.4 Å². The molecule has 2 saturated heterocycles. The number of piperidine rings is 1. The van der Waals surface area contributed by atoms with Gasteiger partial charge in [-0.25, -0.2) is 0 Å². The van der Waals surface area contributed by atoms with Crippen LogP contribution in [0.3, 0.4) is 0 Å². The highest BCUT2D eigenvalue weighted by atomic mass is 16.5. The van der Waals surface area contributed by atoms with E-state index in [1.165, 1.54) is 6.26 Å². The van der Waals surface area contributed by atoms with Crippen LogP contribution in [0.1, 0.15) is 42.1 Å². The van der Waals surface area contributed by atoms with Gasteiger partial charge in [0.25, 0.3) is 5.91 Å². The van der Waals surface area contributed by atoms with Gasteiger partial charge in [0, 0.05) is 32.0 Å². The summed E-state index contributed by atoms with van der Waals surface area (Å²) in [6.07, 6.45) is 8.86. The number of ether oxygens (including phenoxy) is 1. The van der Waals surface area contributed by atoms with E-state index in [1.807, 2.05) is 12.1 Å². The third-order valence-corrected chi connectivity index (χ3v) is 6.08. The summed E-state index contributed by atoms with van der Waals surface area (Å²) >= 11 is 0. The van der Waals surface area contributed by atoms with Gasteiger partial charge in [-0.2, -0.15) is 0 Å². The van der Waals surface area contributed by atoms with Crippen LogP contribution in [0.5, 0.6) is 0 Å². The lowest BCUT2D eigenvalue weighted by molar-refractivity contribution is -0.0772. The fraction of sp³-hybridized carbons (Fsp3) is 0.455. The summed E-state index contributed by atoms with van der Waals surface area (Å²) in [4.78, 5) is 18.5. The normalized spacial score (nSPS) is 20.8. The number of carbonyl (C=O) groups excluding carboxylic acids is 1. The maximum absolute atomic E-state index is 12.0. The zero-order valence-corrected chi connectivity index (χ0v) is 17.2. The molecule has 0 saturated carbocycles. The first kappa shape index (κ1) is 19.9. The van der Waals surface area contributed by atoms with Crippen LogP contribution in [0.25, 0.3) is 11.5 Å². The highest BCUT2D eigenvalue weighted by molar-refractivity contribution is 5.91. The summed E-state index contributed by atoms with van der Waals surface area (Å²) in [7, 11) is 0. The molecule has 9 heteroatoms. The third kappa shape index (κ3) is 4.52. The number of pyridine rings is 1. The summed E-state index contributed by atoms with van der Waals surface area (Å²) in [5.74, 6) is 1.24. The summed E-state index contributed by atoms with van der Waals surface area (Å²) < 4.78 is 17.3. The third-order valence-electron chi connectivity index (χ3n) is 6.08. The minimum absolute atomic E-state index is 0.0449. The second-order valence-corrected chi connectivity index (χ2v) is 8.17. The molecule has 162 valence electrons.